The van der Waals surface area contributed by atoms with Gasteiger partial charge in [0.1, 0.15) is 0 Å². The molecule has 1 aromatic carbocycles. The van der Waals surface area contributed by atoms with Gasteiger partial charge in [0.15, 0.2) is 0 Å². The molecule has 0 bridgehead atoms. The summed E-state index contributed by atoms with van der Waals surface area (Å²) in [4.78, 5) is 10.6. The van der Waals surface area contributed by atoms with Crippen molar-refractivity contribution in [1.29, 1.82) is 0 Å². The van der Waals surface area contributed by atoms with Gasteiger partial charge in [-0.05, 0) is 31.2 Å². The number of hydrogen-bond acceptors (Lipinski definition) is 5. The molecule has 0 amide bonds. The van der Waals surface area contributed by atoms with Gasteiger partial charge in [0.05, 0.1) is 23.2 Å². The number of carboxylic acid groups (broad SMARTS) is 1. The number of benzene rings is 1. The second kappa shape index (κ2) is 5.50. The first-order valence-electron chi connectivity index (χ1n) is 4.44. The van der Waals surface area contributed by atoms with Crippen molar-refractivity contribution in [3.63, 3.8) is 0 Å². The van der Waals surface area contributed by atoms with Crippen LogP contribution in [0.1, 0.15) is 17.3 Å². The molecule has 0 radical (unpaired) electrons. The van der Waals surface area contributed by atoms with Gasteiger partial charge in [-0.15, -0.1) is 0 Å². The van der Waals surface area contributed by atoms with E-state index < -0.39 is 5.97 Å². The fraction of sp³-hybridized carbons (Fsp3) is 0.100. The van der Waals surface area contributed by atoms with Crippen LogP contribution in [0.3, 0.4) is 0 Å². The molecule has 0 fully saturated rings. The van der Waals surface area contributed by atoms with Crippen LogP contribution in [0, 0.1) is 0 Å². The Bertz CT molecular complexity index is 423. The predicted molar refractivity (Wildman–Crippen MR) is 60.4 cm³/mol. The van der Waals surface area contributed by atoms with Crippen molar-refractivity contribution in [3.05, 3.63) is 29.8 Å². The summed E-state index contributed by atoms with van der Waals surface area (Å²) in [6, 6.07) is 6.12. The highest BCUT2D eigenvalue weighted by atomic mass is 16.4. The SMILES string of the molecule is CC(C=NO)=NNc1ccc(C(=O)O)cc1. The van der Waals surface area contributed by atoms with Gasteiger partial charge in [0, 0.05) is 0 Å². The molecular weight excluding hydrogens is 210 g/mol. The van der Waals surface area contributed by atoms with Gasteiger partial charge in [-0.25, -0.2) is 4.79 Å². The molecule has 3 N–H and O–H groups in total. The molecule has 0 saturated heterocycles. The van der Waals surface area contributed by atoms with Crippen LogP contribution in [0.5, 0.6) is 0 Å². The zero-order valence-electron chi connectivity index (χ0n) is 8.58. The lowest BCUT2D eigenvalue weighted by molar-refractivity contribution is 0.0697. The van der Waals surface area contributed by atoms with Crippen LogP contribution in [0.2, 0.25) is 0 Å². The van der Waals surface area contributed by atoms with Gasteiger partial charge in [-0.1, -0.05) is 5.16 Å². The van der Waals surface area contributed by atoms with Crippen molar-refractivity contribution in [3.8, 4) is 0 Å². The molecule has 0 aliphatic heterocycles. The molecule has 6 heteroatoms. The first kappa shape index (κ1) is 11.7. The molecule has 1 rings (SSSR count). The van der Waals surface area contributed by atoms with Crippen LogP contribution < -0.4 is 5.43 Å². The first-order valence-corrected chi connectivity index (χ1v) is 4.44. The number of carboxylic acids is 1. The van der Waals surface area contributed by atoms with Gasteiger partial charge in [0.2, 0.25) is 0 Å². The Morgan fingerprint density at radius 3 is 2.50 bits per heavy atom. The van der Waals surface area contributed by atoms with Crippen LogP contribution in [0.15, 0.2) is 34.5 Å². The lowest BCUT2D eigenvalue weighted by Crippen LogP contribution is -1.99. The zero-order chi connectivity index (χ0) is 12.0. The monoisotopic (exact) mass is 221 g/mol. The number of hydrazone groups is 1. The lowest BCUT2D eigenvalue weighted by atomic mass is 10.2. The van der Waals surface area contributed by atoms with E-state index in [1.165, 1.54) is 18.3 Å². The minimum Gasteiger partial charge on any atom is -0.478 e. The van der Waals surface area contributed by atoms with Crippen LogP contribution in [-0.2, 0) is 0 Å². The summed E-state index contributed by atoms with van der Waals surface area (Å²) in [6.45, 7) is 1.65. The van der Waals surface area contributed by atoms with Crippen LogP contribution in [-0.4, -0.2) is 28.2 Å². The number of carbonyl (C=O) groups is 1. The maximum atomic E-state index is 10.6. The number of rotatable bonds is 4. The van der Waals surface area contributed by atoms with Gasteiger partial charge in [-0.3, -0.25) is 5.43 Å². The third-order valence-corrected chi connectivity index (χ3v) is 1.74. The molecule has 0 aliphatic carbocycles. The summed E-state index contributed by atoms with van der Waals surface area (Å²) in [5, 5.41) is 23.6. The number of oxime groups is 1. The van der Waals surface area contributed by atoms with E-state index in [0.29, 0.717) is 11.4 Å². The molecule has 0 aromatic heterocycles. The lowest BCUT2D eigenvalue weighted by Gasteiger charge is -2.01. The van der Waals surface area contributed by atoms with Crippen molar-refractivity contribution in [2.75, 3.05) is 5.43 Å². The number of nitrogens with zero attached hydrogens (tertiary/aromatic N) is 2. The van der Waals surface area contributed by atoms with Crippen molar-refractivity contribution in [2.24, 2.45) is 10.3 Å². The minimum absolute atomic E-state index is 0.211. The highest BCUT2D eigenvalue weighted by molar-refractivity contribution is 6.29. The first-order chi connectivity index (χ1) is 7.63. The average Bonchev–Trinajstić information content (AvgIpc) is 2.27. The van der Waals surface area contributed by atoms with E-state index in [1.807, 2.05) is 0 Å². The van der Waals surface area contributed by atoms with Gasteiger partial charge >= 0.3 is 5.97 Å². The van der Waals surface area contributed by atoms with E-state index in [0.717, 1.165) is 0 Å². The number of anilines is 1. The fourth-order valence-electron chi connectivity index (χ4n) is 0.952. The summed E-state index contributed by atoms with van der Waals surface area (Å²) >= 11 is 0. The molecule has 1 aromatic rings. The quantitative estimate of drug-likeness (QED) is 0.409. The molecule has 0 spiro atoms. The zero-order valence-corrected chi connectivity index (χ0v) is 8.58. The van der Waals surface area contributed by atoms with E-state index in [2.05, 4.69) is 15.7 Å². The maximum absolute atomic E-state index is 10.6. The molecule has 0 aliphatic rings. The Morgan fingerprint density at radius 2 is 2.00 bits per heavy atom. The summed E-state index contributed by atoms with van der Waals surface area (Å²) < 4.78 is 0. The Labute approximate surface area is 91.9 Å². The van der Waals surface area contributed by atoms with Crippen molar-refractivity contribution in [2.45, 2.75) is 6.92 Å². The molecule has 0 heterocycles. The van der Waals surface area contributed by atoms with Crippen molar-refractivity contribution in [1.82, 2.24) is 0 Å². The summed E-state index contributed by atoms with van der Waals surface area (Å²) in [5.74, 6) is -0.973. The van der Waals surface area contributed by atoms with Crippen molar-refractivity contribution < 1.29 is 15.1 Å². The van der Waals surface area contributed by atoms with E-state index in [-0.39, 0.29) is 5.56 Å². The standard InChI is InChI=1S/C10H11N3O3/c1-7(6-11-16)12-13-9-4-2-8(3-5-9)10(14)15/h2-6,13,16H,1H3,(H,14,15). The summed E-state index contributed by atoms with van der Waals surface area (Å²) in [5.41, 5.74) is 4.04. The van der Waals surface area contributed by atoms with Crippen LogP contribution >= 0.6 is 0 Å². The molecule has 16 heavy (non-hydrogen) atoms. The second-order valence-electron chi connectivity index (χ2n) is 2.99. The van der Waals surface area contributed by atoms with E-state index in [4.69, 9.17) is 10.3 Å². The van der Waals surface area contributed by atoms with E-state index >= 15 is 0 Å². The van der Waals surface area contributed by atoms with E-state index in [1.54, 1.807) is 19.1 Å². The molecular formula is C10H11N3O3. The summed E-state index contributed by atoms with van der Waals surface area (Å²) in [7, 11) is 0. The molecule has 0 atom stereocenters. The topological polar surface area (TPSA) is 94.3 Å². The average molecular weight is 221 g/mol. The summed E-state index contributed by atoms with van der Waals surface area (Å²) in [6.07, 6.45) is 1.18. The second-order valence-corrected chi connectivity index (χ2v) is 2.99. The third-order valence-electron chi connectivity index (χ3n) is 1.74. The number of hydrogen-bond donors (Lipinski definition) is 3. The molecule has 0 unspecified atom stereocenters. The smallest absolute Gasteiger partial charge is 0.335 e. The molecule has 6 nitrogen and oxygen atoms in total. The molecule has 0 saturated carbocycles. The van der Waals surface area contributed by atoms with Gasteiger partial charge in [0.25, 0.3) is 0 Å². The highest BCUT2D eigenvalue weighted by Crippen LogP contribution is 2.09. The predicted octanol–water partition coefficient (Wildman–Crippen LogP) is 1.63. The largest absolute Gasteiger partial charge is 0.478 e. The number of aromatic carboxylic acids is 1. The van der Waals surface area contributed by atoms with Crippen LogP contribution in [0.25, 0.3) is 0 Å². The Kier molecular flexibility index (Phi) is 4.02. The Morgan fingerprint density at radius 1 is 1.38 bits per heavy atom. The fourth-order valence-corrected chi connectivity index (χ4v) is 0.952. The highest BCUT2D eigenvalue weighted by Gasteiger charge is 2.00. The minimum atomic E-state index is -0.973. The Balaban J connectivity index is 2.69. The van der Waals surface area contributed by atoms with Gasteiger partial charge in [-0.2, -0.15) is 5.10 Å². The van der Waals surface area contributed by atoms with E-state index in [9.17, 15) is 4.79 Å². The van der Waals surface area contributed by atoms with Crippen molar-refractivity contribution >= 4 is 23.6 Å². The van der Waals surface area contributed by atoms with Crippen LogP contribution in [0.4, 0.5) is 5.69 Å². The third kappa shape index (κ3) is 3.41. The molecule has 84 valence electrons. The maximum Gasteiger partial charge on any atom is 0.335 e. The Hall–Kier alpha value is -2.37. The number of nitrogens with one attached hydrogen (secondary N) is 1. The normalized spacial score (nSPS) is 11.7. The van der Waals surface area contributed by atoms with Gasteiger partial charge < -0.3 is 10.3 Å².